The Kier molecular flexibility index (Phi) is 4.47. The second-order valence-electron chi connectivity index (χ2n) is 4.53. The highest BCUT2D eigenvalue weighted by molar-refractivity contribution is 5.99. The van der Waals surface area contributed by atoms with E-state index in [1.54, 1.807) is 31.5 Å². The van der Waals surface area contributed by atoms with Crippen LogP contribution in [-0.2, 0) is 6.54 Å². The molecule has 2 aromatic rings. The number of nitrogen functional groups attached to an aromatic ring is 1. The Morgan fingerprint density at radius 1 is 1.24 bits per heavy atom. The maximum atomic E-state index is 13.3. The molecular formula is C15H15F2N3O. The van der Waals surface area contributed by atoms with E-state index in [0.29, 0.717) is 13.1 Å². The van der Waals surface area contributed by atoms with Crippen LogP contribution in [-0.4, -0.2) is 22.3 Å². The molecule has 2 rings (SSSR count). The third-order valence-corrected chi connectivity index (χ3v) is 3.11. The Balaban J connectivity index is 2.26. The third kappa shape index (κ3) is 3.34. The Hall–Kier alpha value is -2.50. The van der Waals surface area contributed by atoms with Gasteiger partial charge in [0.05, 0.1) is 5.56 Å². The number of rotatable bonds is 4. The summed E-state index contributed by atoms with van der Waals surface area (Å²) >= 11 is 0. The van der Waals surface area contributed by atoms with Gasteiger partial charge in [0.1, 0.15) is 0 Å². The van der Waals surface area contributed by atoms with Crippen molar-refractivity contribution < 1.29 is 13.6 Å². The van der Waals surface area contributed by atoms with Crippen LogP contribution in [0.1, 0.15) is 22.8 Å². The minimum Gasteiger partial charge on any atom is -0.398 e. The largest absolute Gasteiger partial charge is 0.398 e. The lowest BCUT2D eigenvalue weighted by Gasteiger charge is -2.22. The highest BCUT2D eigenvalue weighted by Gasteiger charge is 2.19. The molecule has 2 N–H and O–H groups in total. The predicted molar refractivity (Wildman–Crippen MR) is 75.4 cm³/mol. The molecule has 0 unspecified atom stereocenters. The van der Waals surface area contributed by atoms with Gasteiger partial charge in [-0.25, -0.2) is 8.78 Å². The summed E-state index contributed by atoms with van der Waals surface area (Å²) in [7, 11) is 0. The van der Waals surface area contributed by atoms with Gasteiger partial charge in [-0.05, 0) is 30.7 Å². The van der Waals surface area contributed by atoms with Crippen LogP contribution in [0.3, 0.4) is 0 Å². The summed E-state index contributed by atoms with van der Waals surface area (Å²) in [6, 6.07) is 5.22. The topological polar surface area (TPSA) is 59.2 Å². The van der Waals surface area contributed by atoms with Crippen LogP contribution in [0, 0.1) is 11.6 Å². The number of halogens is 2. The zero-order valence-corrected chi connectivity index (χ0v) is 11.5. The number of amides is 1. The summed E-state index contributed by atoms with van der Waals surface area (Å²) in [6.07, 6.45) is 3.25. The molecular weight excluding hydrogens is 276 g/mol. The number of carbonyl (C=O) groups excluding carboxylic acids is 1. The molecule has 1 amide bonds. The first-order chi connectivity index (χ1) is 10.0. The molecule has 4 nitrogen and oxygen atoms in total. The van der Waals surface area contributed by atoms with Gasteiger partial charge in [0.2, 0.25) is 0 Å². The molecule has 1 heterocycles. The van der Waals surface area contributed by atoms with Gasteiger partial charge >= 0.3 is 0 Å². The lowest BCUT2D eigenvalue weighted by Crippen LogP contribution is -2.31. The number of hydrogen-bond donors (Lipinski definition) is 1. The average molecular weight is 291 g/mol. The summed E-state index contributed by atoms with van der Waals surface area (Å²) < 4.78 is 26.4. The average Bonchev–Trinajstić information content (AvgIpc) is 2.49. The highest BCUT2D eigenvalue weighted by atomic mass is 19.2. The van der Waals surface area contributed by atoms with Gasteiger partial charge < -0.3 is 10.6 Å². The van der Waals surface area contributed by atoms with Crippen molar-refractivity contribution in [2.24, 2.45) is 0 Å². The number of hydrogen-bond acceptors (Lipinski definition) is 3. The smallest absolute Gasteiger partial charge is 0.256 e. The van der Waals surface area contributed by atoms with E-state index in [4.69, 9.17) is 5.73 Å². The first-order valence-electron chi connectivity index (χ1n) is 6.45. The molecule has 0 aliphatic carbocycles. The van der Waals surface area contributed by atoms with E-state index in [-0.39, 0.29) is 11.3 Å². The number of anilines is 1. The van der Waals surface area contributed by atoms with Crippen molar-refractivity contribution in [3.63, 3.8) is 0 Å². The molecule has 110 valence electrons. The Morgan fingerprint density at radius 2 is 1.86 bits per heavy atom. The zero-order valence-electron chi connectivity index (χ0n) is 11.5. The maximum absolute atomic E-state index is 13.3. The number of carbonyl (C=O) groups is 1. The van der Waals surface area contributed by atoms with Crippen LogP contribution in [0.5, 0.6) is 0 Å². The molecule has 0 bridgehead atoms. The van der Waals surface area contributed by atoms with E-state index in [2.05, 4.69) is 4.98 Å². The van der Waals surface area contributed by atoms with Crippen molar-refractivity contribution in [3.05, 3.63) is 59.4 Å². The lowest BCUT2D eigenvalue weighted by atomic mass is 10.1. The van der Waals surface area contributed by atoms with E-state index in [0.717, 1.165) is 17.7 Å². The molecule has 21 heavy (non-hydrogen) atoms. The highest BCUT2D eigenvalue weighted by Crippen LogP contribution is 2.19. The second-order valence-corrected chi connectivity index (χ2v) is 4.53. The fourth-order valence-electron chi connectivity index (χ4n) is 1.95. The van der Waals surface area contributed by atoms with E-state index in [1.165, 1.54) is 4.90 Å². The molecule has 0 fully saturated rings. The van der Waals surface area contributed by atoms with Gasteiger partial charge in [-0.3, -0.25) is 9.78 Å². The van der Waals surface area contributed by atoms with Gasteiger partial charge in [0.25, 0.3) is 5.91 Å². The standard InChI is InChI=1S/C15H15F2N3O/c1-2-20(9-10-3-5-19-6-4-10)15(21)11-7-12(16)13(17)8-14(11)18/h3-8H,2,9,18H2,1H3. The van der Waals surface area contributed by atoms with Crippen molar-refractivity contribution in [2.45, 2.75) is 13.5 Å². The number of pyridine rings is 1. The monoisotopic (exact) mass is 291 g/mol. The number of benzene rings is 1. The fourth-order valence-corrected chi connectivity index (χ4v) is 1.95. The normalized spacial score (nSPS) is 10.4. The van der Waals surface area contributed by atoms with Crippen molar-refractivity contribution >= 4 is 11.6 Å². The van der Waals surface area contributed by atoms with Crippen LogP contribution in [0.4, 0.5) is 14.5 Å². The number of aromatic nitrogens is 1. The van der Waals surface area contributed by atoms with Gasteiger partial charge in [-0.15, -0.1) is 0 Å². The summed E-state index contributed by atoms with van der Waals surface area (Å²) in [5.74, 6) is -2.60. The van der Waals surface area contributed by atoms with Crippen molar-refractivity contribution in [1.82, 2.24) is 9.88 Å². The van der Waals surface area contributed by atoms with Gasteiger partial charge in [0.15, 0.2) is 11.6 Å². The first kappa shape index (κ1) is 14.9. The molecule has 0 saturated heterocycles. The molecule has 1 aromatic heterocycles. The molecule has 0 aliphatic heterocycles. The van der Waals surface area contributed by atoms with Crippen LogP contribution in [0.25, 0.3) is 0 Å². The number of nitrogens with two attached hydrogens (primary N) is 1. The SMILES string of the molecule is CCN(Cc1ccncc1)C(=O)c1cc(F)c(F)cc1N. The minimum atomic E-state index is -1.09. The van der Waals surface area contributed by atoms with E-state index < -0.39 is 17.5 Å². The van der Waals surface area contributed by atoms with Crippen LogP contribution < -0.4 is 5.73 Å². The van der Waals surface area contributed by atoms with Crippen molar-refractivity contribution in [2.75, 3.05) is 12.3 Å². The minimum absolute atomic E-state index is 0.0372. The van der Waals surface area contributed by atoms with E-state index in [1.807, 2.05) is 0 Å². The van der Waals surface area contributed by atoms with Crippen LogP contribution >= 0.6 is 0 Å². The van der Waals surface area contributed by atoms with Gasteiger partial charge in [-0.1, -0.05) is 0 Å². The van der Waals surface area contributed by atoms with Crippen LogP contribution in [0.15, 0.2) is 36.7 Å². The fraction of sp³-hybridized carbons (Fsp3) is 0.200. The predicted octanol–water partition coefficient (Wildman–Crippen LogP) is 2.60. The Bertz CT molecular complexity index is 647. The van der Waals surface area contributed by atoms with Gasteiger partial charge in [-0.2, -0.15) is 0 Å². The summed E-state index contributed by atoms with van der Waals surface area (Å²) in [6.45, 7) is 2.56. The van der Waals surface area contributed by atoms with E-state index >= 15 is 0 Å². The second kappa shape index (κ2) is 6.30. The third-order valence-electron chi connectivity index (χ3n) is 3.11. The lowest BCUT2D eigenvalue weighted by molar-refractivity contribution is 0.0753. The Labute approximate surface area is 121 Å². The van der Waals surface area contributed by atoms with Crippen molar-refractivity contribution in [3.8, 4) is 0 Å². The van der Waals surface area contributed by atoms with Gasteiger partial charge in [0, 0.05) is 37.2 Å². The summed E-state index contributed by atoms with van der Waals surface area (Å²) in [5, 5.41) is 0. The summed E-state index contributed by atoms with van der Waals surface area (Å²) in [4.78, 5) is 17.8. The quantitative estimate of drug-likeness (QED) is 0.881. The van der Waals surface area contributed by atoms with Crippen molar-refractivity contribution in [1.29, 1.82) is 0 Å². The molecule has 0 radical (unpaired) electrons. The molecule has 1 aromatic carbocycles. The molecule has 0 aliphatic rings. The first-order valence-corrected chi connectivity index (χ1v) is 6.45. The number of nitrogens with zero attached hydrogens (tertiary/aromatic N) is 2. The van der Waals surface area contributed by atoms with Crippen LogP contribution in [0.2, 0.25) is 0 Å². The molecule has 0 spiro atoms. The molecule has 0 saturated carbocycles. The zero-order chi connectivity index (χ0) is 15.4. The molecule has 0 atom stereocenters. The molecule has 6 heteroatoms. The van der Waals surface area contributed by atoms with E-state index in [9.17, 15) is 13.6 Å². The Morgan fingerprint density at radius 3 is 2.48 bits per heavy atom. The summed E-state index contributed by atoms with van der Waals surface area (Å²) in [5.41, 5.74) is 6.39. The maximum Gasteiger partial charge on any atom is 0.256 e.